The van der Waals surface area contributed by atoms with E-state index in [1.807, 2.05) is 138 Å². The zero-order valence-electron chi connectivity index (χ0n) is 51.1. The molecule has 0 aliphatic rings. The van der Waals surface area contributed by atoms with E-state index < -0.39 is 34.6 Å². The van der Waals surface area contributed by atoms with Crippen LogP contribution in [0.3, 0.4) is 0 Å². The molecule has 97 heavy (non-hydrogen) atoms. The quantitative estimate of drug-likeness (QED) is 0.0660. The van der Waals surface area contributed by atoms with Gasteiger partial charge in [-0.15, -0.1) is 0 Å². The molecule has 0 aliphatic heterocycles. The summed E-state index contributed by atoms with van der Waals surface area (Å²) in [5, 5.41) is 11.6. The lowest BCUT2D eigenvalue weighted by atomic mass is 9.98. The molecule has 12 heteroatoms. The zero-order valence-corrected chi connectivity index (χ0v) is 51.1. The van der Waals surface area contributed by atoms with E-state index in [1.165, 1.54) is 6.07 Å². The molecule has 0 spiro atoms. The molecule has 0 N–H and O–H groups in total. The summed E-state index contributed by atoms with van der Waals surface area (Å²) in [6.07, 6.45) is 0. The molecule has 6 aromatic heterocycles. The molecule has 0 atom stereocenters. The number of rotatable bonds is 7. The minimum Gasteiger partial charge on any atom is -0.319 e. The van der Waals surface area contributed by atoms with Crippen molar-refractivity contribution in [2.75, 3.05) is 0 Å². The van der Waals surface area contributed by atoms with Crippen molar-refractivity contribution in [3.63, 3.8) is 0 Å². The predicted molar refractivity (Wildman–Crippen MR) is 384 cm³/mol. The van der Waals surface area contributed by atoms with Gasteiger partial charge in [0.25, 0.3) is 0 Å². The first kappa shape index (κ1) is 54.6. The molecule has 7 nitrogen and oxygen atoms in total. The molecule has 0 aliphatic carbocycles. The Bertz CT molecular complexity index is 6340. The van der Waals surface area contributed by atoms with Gasteiger partial charge in [0.1, 0.15) is 0 Å². The van der Waals surface area contributed by atoms with Crippen molar-refractivity contribution >= 4 is 137 Å². The van der Waals surface area contributed by atoms with E-state index in [9.17, 15) is 6.57 Å². The topological polar surface area (TPSA) is 33.9 Å². The number of benzene rings is 14. The minimum absolute atomic E-state index is 0.0938. The second kappa shape index (κ2) is 20.3. The van der Waals surface area contributed by atoms with Gasteiger partial charge < -0.3 is 27.4 Å². The fourth-order valence-electron chi connectivity index (χ4n) is 16.0. The van der Waals surface area contributed by atoms with E-state index in [4.69, 9.17) is 0 Å². The van der Waals surface area contributed by atoms with E-state index in [-0.39, 0.29) is 16.9 Å². The van der Waals surface area contributed by atoms with E-state index >= 15 is 22.0 Å². The number of para-hydroxylation sites is 8. The molecule has 0 saturated carbocycles. The van der Waals surface area contributed by atoms with Crippen LogP contribution in [0.1, 0.15) is 0 Å². The van der Waals surface area contributed by atoms with Crippen LogP contribution in [0.5, 0.6) is 0 Å². The van der Waals surface area contributed by atoms with Crippen molar-refractivity contribution in [2.45, 2.75) is 0 Å². The summed E-state index contributed by atoms with van der Waals surface area (Å²) in [5.41, 5.74) is 12.2. The molecule has 0 amide bonds. The Morgan fingerprint density at radius 2 is 0.464 bits per heavy atom. The average Bonchev–Trinajstić information content (AvgIpc) is 1.66. The third-order valence-electron chi connectivity index (χ3n) is 20.0. The third-order valence-corrected chi connectivity index (χ3v) is 20.0. The summed E-state index contributed by atoms with van der Waals surface area (Å²) in [5.74, 6) is -10.6. The normalized spacial score (nSPS) is 12.2. The van der Waals surface area contributed by atoms with Gasteiger partial charge in [-0.1, -0.05) is 152 Å². The molecule has 0 bridgehead atoms. The molecule has 0 saturated heterocycles. The second-order valence-corrected chi connectivity index (χ2v) is 24.8. The number of aromatic nitrogens is 6. The molecule has 20 aromatic rings. The van der Waals surface area contributed by atoms with Crippen LogP contribution in [0, 0.1) is 35.7 Å². The molecule has 0 radical (unpaired) electrons. The van der Waals surface area contributed by atoms with Crippen molar-refractivity contribution < 1.29 is 22.0 Å². The highest BCUT2D eigenvalue weighted by Crippen LogP contribution is 2.50. The first-order valence-corrected chi connectivity index (χ1v) is 31.9. The smallest absolute Gasteiger partial charge is 0.234 e. The standard InChI is InChI=1S/C85H46F5N7/c1-91-84-77(96-73-39-34-48(92-65-26-10-2-18-52(65)53-19-3-11-27-66(53)92)44-61(73)62-45-49(35-40-74(62)96)93-67-28-12-4-20-54(67)55-21-5-13-29-68(55)93)43-38-60(78-79(86)81(88)83(90)82(89)80(78)87)85(84)97-75-41-36-50(94-69-30-14-6-22-56(69)57-23-7-15-31-70(57)94)46-63(75)64-47-51(37-42-76(64)97)95-71-32-16-8-24-58(71)59-25-9-17-33-72(59)95/h2-47H. The van der Waals surface area contributed by atoms with Crippen LogP contribution in [0.4, 0.5) is 27.6 Å². The Kier molecular flexibility index (Phi) is 11.4. The van der Waals surface area contributed by atoms with Crippen LogP contribution in [-0.4, -0.2) is 27.4 Å². The fraction of sp³-hybridized carbons (Fsp3) is 0. The molecule has 14 aromatic carbocycles. The average molecular weight is 1260 g/mol. The highest BCUT2D eigenvalue weighted by atomic mass is 19.2. The van der Waals surface area contributed by atoms with Crippen molar-refractivity contribution in [3.05, 3.63) is 320 Å². The molecular weight excluding hydrogens is 1210 g/mol. The first-order valence-electron chi connectivity index (χ1n) is 31.9. The van der Waals surface area contributed by atoms with E-state index in [2.05, 4.69) is 157 Å². The maximum atomic E-state index is 17.2. The molecule has 456 valence electrons. The van der Waals surface area contributed by atoms with E-state index in [0.29, 0.717) is 38.5 Å². The van der Waals surface area contributed by atoms with Crippen LogP contribution in [0.2, 0.25) is 0 Å². The van der Waals surface area contributed by atoms with Gasteiger partial charge in [-0.3, -0.25) is 0 Å². The monoisotopic (exact) mass is 1260 g/mol. The van der Waals surface area contributed by atoms with Gasteiger partial charge in [-0.2, -0.15) is 0 Å². The predicted octanol–water partition coefficient (Wildman–Crippen LogP) is 23.2. The van der Waals surface area contributed by atoms with Gasteiger partial charge in [0, 0.05) is 92.9 Å². The van der Waals surface area contributed by atoms with Crippen LogP contribution in [0.15, 0.2) is 279 Å². The lowest BCUT2D eigenvalue weighted by Crippen LogP contribution is -2.08. The van der Waals surface area contributed by atoms with Crippen LogP contribution in [-0.2, 0) is 0 Å². The summed E-state index contributed by atoms with van der Waals surface area (Å²) in [6.45, 7) is 9.57. The van der Waals surface area contributed by atoms with Gasteiger partial charge in [0.05, 0.1) is 89.7 Å². The summed E-state index contributed by atoms with van der Waals surface area (Å²) < 4.78 is 94.6. The molecule has 20 rings (SSSR count). The Morgan fingerprint density at radius 1 is 0.227 bits per heavy atom. The van der Waals surface area contributed by atoms with Gasteiger partial charge in [0.2, 0.25) is 11.5 Å². The number of hydrogen-bond acceptors (Lipinski definition) is 0. The van der Waals surface area contributed by atoms with Gasteiger partial charge in [-0.25, -0.2) is 26.8 Å². The number of fused-ring (bicyclic) bond motifs is 18. The van der Waals surface area contributed by atoms with Crippen molar-refractivity contribution in [1.82, 2.24) is 27.4 Å². The lowest BCUT2D eigenvalue weighted by molar-refractivity contribution is 0.381. The summed E-state index contributed by atoms with van der Waals surface area (Å²) in [4.78, 5) is 4.41. The molecular formula is C85H46F5N7. The van der Waals surface area contributed by atoms with E-state index in [0.717, 1.165) is 121 Å². The Balaban J connectivity index is 0.914. The Morgan fingerprint density at radius 3 is 0.732 bits per heavy atom. The summed E-state index contributed by atoms with van der Waals surface area (Å²) >= 11 is 0. The Labute approximate surface area is 547 Å². The lowest BCUT2D eigenvalue weighted by Gasteiger charge is -2.21. The third kappa shape index (κ3) is 7.47. The largest absolute Gasteiger partial charge is 0.319 e. The van der Waals surface area contributed by atoms with Crippen LogP contribution in [0.25, 0.3) is 181 Å². The number of nitrogens with zero attached hydrogens (tertiary/aromatic N) is 7. The molecule has 6 heterocycles. The van der Waals surface area contributed by atoms with Crippen molar-refractivity contribution in [3.8, 4) is 45.3 Å². The zero-order chi connectivity index (χ0) is 64.6. The summed E-state index contributed by atoms with van der Waals surface area (Å²) in [7, 11) is 0. The van der Waals surface area contributed by atoms with Crippen LogP contribution >= 0.6 is 0 Å². The number of hydrogen-bond donors (Lipinski definition) is 0. The van der Waals surface area contributed by atoms with Crippen molar-refractivity contribution in [2.24, 2.45) is 0 Å². The summed E-state index contributed by atoms with van der Waals surface area (Å²) in [6, 6.07) is 93.5. The van der Waals surface area contributed by atoms with E-state index in [1.54, 1.807) is 10.6 Å². The molecule has 0 fully saturated rings. The second-order valence-electron chi connectivity index (χ2n) is 24.8. The first-order chi connectivity index (χ1) is 47.7. The highest BCUT2D eigenvalue weighted by Gasteiger charge is 2.33. The maximum absolute atomic E-state index is 17.2. The van der Waals surface area contributed by atoms with Gasteiger partial charge in [0.15, 0.2) is 23.3 Å². The number of halogens is 5. The SMILES string of the molecule is [C-]#[N+]c1c(-n2c3ccc(-n4c5ccccc5c5ccccc54)cc3c3cc(-n4c5ccccc5c5ccccc54)ccc32)ccc(-c2c(F)c(F)c(F)c(F)c2F)c1-n1c2ccc(-n3c4ccccc4c4ccccc43)cc2c2cc(-n3c4ccccc4c4ccccc43)ccc21. The van der Waals surface area contributed by atoms with Gasteiger partial charge in [-0.05, 0) is 127 Å². The highest BCUT2D eigenvalue weighted by molar-refractivity contribution is 6.18. The van der Waals surface area contributed by atoms with Crippen LogP contribution < -0.4 is 0 Å². The maximum Gasteiger partial charge on any atom is 0.234 e. The molecule has 0 unspecified atom stereocenters. The fourth-order valence-corrected chi connectivity index (χ4v) is 16.0. The minimum atomic E-state index is -2.29. The van der Waals surface area contributed by atoms with Crippen molar-refractivity contribution in [1.29, 1.82) is 0 Å². The Hall–Kier alpha value is -13.0. The van der Waals surface area contributed by atoms with Gasteiger partial charge >= 0.3 is 0 Å².